The van der Waals surface area contributed by atoms with Gasteiger partial charge in [0.2, 0.25) is 26.0 Å². The summed E-state index contributed by atoms with van der Waals surface area (Å²) in [5.41, 5.74) is 1.91. The van der Waals surface area contributed by atoms with Crippen LogP contribution in [-0.4, -0.2) is 52.8 Å². The van der Waals surface area contributed by atoms with E-state index in [4.69, 9.17) is 0 Å². The van der Waals surface area contributed by atoms with Crippen molar-refractivity contribution >= 4 is 26.0 Å². The first-order valence-electron chi connectivity index (χ1n) is 13.1. The Balaban J connectivity index is 2.31. The Bertz CT molecular complexity index is 1170. The highest BCUT2D eigenvalue weighted by atomic mass is 32.2. The van der Waals surface area contributed by atoms with Crippen LogP contribution in [0.5, 0.6) is 0 Å². The van der Waals surface area contributed by atoms with Crippen molar-refractivity contribution < 1.29 is 21.6 Å². The number of hydrogen-bond donors (Lipinski definition) is 2. The summed E-state index contributed by atoms with van der Waals surface area (Å²) in [6.45, 7) is 13.2. The van der Waals surface area contributed by atoms with Crippen molar-refractivity contribution in [1.29, 1.82) is 0 Å². The Morgan fingerprint density at radius 1 is 0.711 bits per heavy atom. The summed E-state index contributed by atoms with van der Waals surface area (Å²) >= 11 is 0. The van der Waals surface area contributed by atoms with Crippen LogP contribution in [0.2, 0.25) is 0 Å². The van der Waals surface area contributed by atoms with Crippen LogP contribution in [0, 0.1) is 25.7 Å². The molecule has 2 unspecified atom stereocenters. The molecule has 0 aliphatic heterocycles. The van der Waals surface area contributed by atoms with E-state index in [1.165, 1.54) is 6.92 Å². The molecule has 2 N–H and O–H groups in total. The van der Waals surface area contributed by atoms with Gasteiger partial charge in [0.25, 0.3) is 0 Å². The zero-order valence-electron chi connectivity index (χ0n) is 23.6. The molecule has 2 aromatic carbocycles. The molecule has 10 heteroatoms. The van der Waals surface area contributed by atoms with E-state index in [1.807, 2.05) is 41.5 Å². The van der Waals surface area contributed by atoms with E-state index < -0.39 is 32.1 Å². The van der Waals surface area contributed by atoms with Crippen LogP contribution in [0.3, 0.4) is 0 Å². The summed E-state index contributed by atoms with van der Waals surface area (Å²) in [6.07, 6.45) is 1.39. The molecule has 0 saturated heterocycles. The Hall–Kier alpha value is -2.27. The average Bonchev–Trinajstić information content (AvgIpc) is 2.86. The van der Waals surface area contributed by atoms with Crippen LogP contribution < -0.4 is 9.44 Å². The van der Waals surface area contributed by atoms with Crippen molar-refractivity contribution in [1.82, 2.24) is 14.3 Å². The fourth-order valence-electron chi connectivity index (χ4n) is 4.01. The third-order valence-electron chi connectivity index (χ3n) is 7.22. The fraction of sp³-hybridized carbons (Fsp3) is 0.536. The quantitative estimate of drug-likeness (QED) is 0.356. The third kappa shape index (κ3) is 8.90. The van der Waals surface area contributed by atoms with Crippen LogP contribution >= 0.6 is 0 Å². The Morgan fingerprint density at radius 3 is 1.29 bits per heavy atom. The van der Waals surface area contributed by atoms with E-state index in [9.17, 15) is 21.6 Å². The molecule has 8 nitrogen and oxygen atoms in total. The van der Waals surface area contributed by atoms with Gasteiger partial charge in [0, 0.05) is 32.1 Å². The molecule has 38 heavy (non-hydrogen) atoms. The second-order valence-corrected chi connectivity index (χ2v) is 13.7. The summed E-state index contributed by atoms with van der Waals surface area (Å²) in [4.78, 5) is 14.6. The summed E-state index contributed by atoms with van der Waals surface area (Å²) in [5, 5.41) is 0. The minimum absolute atomic E-state index is 0.0663. The number of rotatable bonds is 14. The number of carbonyl (C=O) groups is 1. The first kappa shape index (κ1) is 31.9. The molecule has 0 radical (unpaired) electrons. The molecule has 2 rings (SSSR count). The smallest absolute Gasteiger partial charge is 0.240 e. The molecular formula is C28H43N3O5S2. The lowest BCUT2D eigenvalue weighted by Gasteiger charge is -2.34. The van der Waals surface area contributed by atoms with Crippen molar-refractivity contribution in [3.8, 4) is 0 Å². The number of benzene rings is 2. The van der Waals surface area contributed by atoms with E-state index in [1.54, 1.807) is 53.4 Å². The van der Waals surface area contributed by atoms with E-state index in [-0.39, 0.29) is 40.6 Å². The molecule has 0 saturated carbocycles. The molecule has 0 fully saturated rings. The van der Waals surface area contributed by atoms with Gasteiger partial charge in [-0.2, -0.15) is 0 Å². The van der Waals surface area contributed by atoms with Gasteiger partial charge in [0.15, 0.2) is 0 Å². The van der Waals surface area contributed by atoms with Gasteiger partial charge in [-0.05, 0) is 49.9 Å². The van der Waals surface area contributed by atoms with E-state index in [0.29, 0.717) is 12.8 Å². The Morgan fingerprint density at radius 2 is 1.03 bits per heavy atom. The molecule has 1 amide bonds. The SMILES string of the molecule is CCC(C)[C@@H](CN(C[C@@H](NS(=O)(=O)c1ccc(C)cc1)C(C)CC)C(C)=O)NS(=O)(=O)c1ccc(C)cc1. The average molecular weight is 566 g/mol. The predicted octanol–water partition coefficient (Wildman–Crippen LogP) is 4.24. The number of hydrogen-bond acceptors (Lipinski definition) is 5. The van der Waals surface area contributed by atoms with E-state index in [2.05, 4.69) is 9.44 Å². The molecule has 0 aliphatic carbocycles. The predicted molar refractivity (Wildman–Crippen MR) is 152 cm³/mol. The van der Waals surface area contributed by atoms with Crippen LogP contribution in [0.25, 0.3) is 0 Å². The van der Waals surface area contributed by atoms with Crippen LogP contribution in [0.4, 0.5) is 0 Å². The monoisotopic (exact) mass is 565 g/mol. The summed E-state index contributed by atoms with van der Waals surface area (Å²) < 4.78 is 58.3. The van der Waals surface area contributed by atoms with Crippen molar-refractivity contribution in [2.75, 3.05) is 13.1 Å². The number of sulfonamides is 2. The maximum absolute atomic E-state index is 13.2. The summed E-state index contributed by atoms with van der Waals surface area (Å²) in [5.74, 6) is -0.387. The van der Waals surface area contributed by atoms with Crippen molar-refractivity contribution in [3.05, 3.63) is 59.7 Å². The van der Waals surface area contributed by atoms with Gasteiger partial charge in [-0.1, -0.05) is 75.9 Å². The molecule has 0 bridgehead atoms. The molecular weight excluding hydrogens is 522 g/mol. The number of carbonyl (C=O) groups excluding carboxylic acids is 1. The Labute approximate surface area is 229 Å². The molecule has 0 spiro atoms. The van der Waals surface area contributed by atoms with Crippen molar-refractivity contribution in [2.24, 2.45) is 11.8 Å². The first-order valence-corrected chi connectivity index (χ1v) is 16.1. The Kier molecular flexibility index (Phi) is 11.5. The molecule has 212 valence electrons. The normalized spacial score (nSPS) is 15.4. The summed E-state index contributed by atoms with van der Waals surface area (Å²) in [6, 6.07) is 12.1. The maximum Gasteiger partial charge on any atom is 0.240 e. The fourth-order valence-corrected chi connectivity index (χ4v) is 6.68. The highest BCUT2D eigenvalue weighted by molar-refractivity contribution is 7.89. The number of nitrogens with one attached hydrogen (secondary N) is 2. The summed E-state index contributed by atoms with van der Waals surface area (Å²) in [7, 11) is -7.64. The number of nitrogens with zero attached hydrogens (tertiary/aromatic N) is 1. The molecule has 0 aromatic heterocycles. The highest BCUT2D eigenvalue weighted by Crippen LogP contribution is 2.19. The van der Waals surface area contributed by atoms with Gasteiger partial charge in [0.1, 0.15) is 0 Å². The van der Waals surface area contributed by atoms with Crippen molar-refractivity contribution in [2.45, 2.75) is 83.2 Å². The lowest BCUT2D eigenvalue weighted by Crippen LogP contribution is -2.53. The van der Waals surface area contributed by atoms with Crippen LogP contribution in [0.1, 0.15) is 58.6 Å². The van der Waals surface area contributed by atoms with Gasteiger partial charge in [-0.15, -0.1) is 0 Å². The lowest BCUT2D eigenvalue weighted by molar-refractivity contribution is -0.129. The van der Waals surface area contributed by atoms with E-state index >= 15 is 0 Å². The second kappa shape index (κ2) is 13.7. The molecule has 0 aliphatic rings. The van der Waals surface area contributed by atoms with Gasteiger partial charge in [-0.3, -0.25) is 4.79 Å². The zero-order valence-corrected chi connectivity index (χ0v) is 25.2. The van der Waals surface area contributed by atoms with Gasteiger partial charge in [-0.25, -0.2) is 26.3 Å². The van der Waals surface area contributed by atoms with Gasteiger partial charge in [0.05, 0.1) is 9.79 Å². The topological polar surface area (TPSA) is 113 Å². The van der Waals surface area contributed by atoms with Crippen LogP contribution in [0.15, 0.2) is 58.3 Å². The molecule has 2 aromatic rings. The van der Waals surface area contributed by atoms with E-state index in [0.717, 1.165) is 11.1 Å². The minimum Gasteiger partial charge on any atom is -0.340 e. The minimum atomic E-state index is -3.82. The largest absolute Gasteiger partial charge is 0.340 e. The molecule has 0 heterocycles. The maximum atomic E-state index is 13.2. The van der Waals surface area contributed by atoms with Gasteiger partial charge < -0.3 is 4.90 Å². The highest BCUT2D eigenvalue weighted by Gasteiger charge is 2.31. The molecule has 4 atom stereocenters. The first-order chi connectivity index (χ1) is 17.7. The standard InChI is InChI=1S/C28H43N3O5S2/c1-8-22(5)27(29-37(33,34)25-14-10-20(3)11-15-25)18-31(24(7)32)19-28(23(6)9-2)30-38(35,36)26-16-12-21(4)13-17-26/h10-17,22-23,27-30H,8-9,18-19H2,1-7H3/t22?,23?,27-,28-/m1/s1. The lowest BCUT2D eigenvalue weighted by atomic mass is 9.97. The van der Waals surface area contributed by atoms with Crippen LogP contribution in [-0.2, 0) is 24.8 Å². The third-order valence-corrected chi connectivity index (χ3v) is 10.2. The van der Waals surface area contributed by atoms with Gasteiger partial charge >= 0.3 is 0 Å². The second-order valence-electron chi connectivity index (χ2n) is 10.3. The zero-order chi connectivity index (χ0) is 28.7. The number of amides is 1. The van der Waals surface area contributed by atoms with Crippen molar-refractivity contribution in [3.63, 3.8) is 0 Å². The number of aryl methyl sites for hydroxylation is 2.